The van der Waals surface area contributed by atoms with Crippen LogP contribution in [0.4, 0.5) is 0 Å². The van der Waals surface area contributed by atoms with Crippen molar-refractivity contribution in [3.05, 3.63) is 58.6 Å². The van der Waals surface area contributed by atoms with Gasteiger partial charge in [0.15, 0.2) is 11.5 Å². The number of benzene rings is 2. The SMILES string of the molecule is CC[C@@H](C)NC(=O)[C@H](CC)N(Cc1ccccc1Cl)C(=O)CCc1ccc(OC)c(OC)c1. The maximum atomic E-state index is 13.4. The average molecular weight is 475 g/mol. The summed E-state index contributed by atoms with van der Waals surface area (Å²) < 4.78 is 10.7. The average Bonchev–Trinajstić information content (AvgIpc) is 2.83. The molecule has 2 atom stereocenters. The van der Waals surface area contributed by atoms with E-state index in [-0.39, 0.29) is 30.8 Å². The number of carbonyl (C=O) groups excluding carboxylic acids is 2. The van der Waals surface area contributed by atoms with Gasteiger partial charge < -0.3 is 19.7 Å². The molecule has 1 N–H and O–H groups in total. The maximum absolute atomic E-state index is 13.4. The molecule has 33 heavy (non-hydrogen) atoms. The Morgan fingerprint density at radius 3 is 2.33 bits per heavy atom. The largest absolute Gasteiger partial charge is 0.493 e. The van der Waals surface area contributed by atoms with Gasteiger partial charge in [-0.05, 0) is 55.5 Å². The zero-order valence-electron chi connectivity index (χ0n) is 20.2. The predicted molar refractivity (Wildman–Crippen MR) is 132 cm³/mol. The minimum absolute atomic E-state index is 0.0376. The van der Waals surface area contributed by atoms with Crippen LogP contribution in [0.1, 0.15) is 51.2 Å². The summed E-state index contributed by atoms with van der Waals surface area (Å²) in [6.45, 7) is 6.17. The van der Waals surface area contributed by atoms with Gasteiger partial charge in [0.2, 0.25) is 11.8 Å². The second-order valence-corrected chi connectivity index (χ2v) is 8.45. The van der Waals surface area contributed by atoms with E-state index in [2.05, 4.69) is 5.32 Å². The summed E-state index contributed by atoms with van der Waals surface area (Å²) in [4.78, 5) is 28.1. The van der Waals surface area contributed by atoms with Crippen LogP contribution in [0.25, 0.3) is 0 Å². The fraction of sp³-hybridized carbons (Fsp3) is 0.462. The lowest BCUT2D eigenvalue weighted by molar-refractivity contribution is -0.141. The van der Waals surface area contributed by atoms with Crippen molar-refractivity contribution in [3.8, 4) is 11.5 Å². The van der Waals surface area contributed by atoms with Gasteiger partial charge in [0, 0.05) is 24.0 Å². The van der Waals surface area contributed by atoms with E-state index in [1.54, 1.807) is 25.2 Å². The fourth-order valence-electron chi connectivity index (χ4n) is 3.60. The normalized spacial score (nSPS) is 12.5. The molecule has 2 aromatic rings. The Morgan fingerprint density at radius 2 is 1.73 bits per heavy atom. The van der Waals surface area contributed by atoms with Gasteiger partial charge in [-0.2, -0.15) is 0 Å². The number of rotatable bonds is 12. The summed E-state index contributed by atoms with van der Waals surface area (Å²) in [5, 5.41) is 3.60. The van der Waals surface area contributed by atoms with Crippen LogP contribution in [0, 0.1) is 0 Å². The second-order valence-electron chi connectivity index (χ2n) is 8.04. The molecule has 2 amide bonds. The molecule has 0 spiro atoms. The fourth-order valence-corrected chi connectivity index (χ4v) is 3.80. The van der Waals surface area contributed by atoms with E-state index in [1.165, 1.54) is 0 Å². The highest BCUT2D eigenvalue weighted by Gasteiger charge is 2.29. The van der Waals surface area contributed by atoms with Gasteiger partial charge in [-0.25, -0.2) is 0 Å². The number of halogens is 1. The summed E-state index contributed by atoms with van der Waals surface area (Å²) in [7, 11) is 3.17. The zero-order chi connectivity index (χ0) is 24.4. The van der Waals surface area contributed by atoms with Gasteiger partial charge in [-0.15, -0.1) is 0 Å². The molecular weight excluding hydrogens is 440 g/mol. The lowest BCUT2D eigenvalue weighted by Gasteiger charge is -2.32. The molecule has 0 saturated carbocycles. The molecule has 0 aliphatic rings. The third kappa shape index (κ3) is 7.39. The Morgan fingerprint density at radius 1 is 1.03 bits per heavy atom. The van der Waals surface area contributed by atoms with Gasteiger partial charge >= 0.3 is 0 Å². The quantitative estimate of drug-likeness (QED) is 0.469. The lowest BCUT2D eigenvalue weighted by Crippen LogP contribution is -2.50. The van der Waals surface area contributed by atoms with Crippen LogP contribution >= 0.6 is 11.6 Å². The number of hydrogen-bond donors (Lipinski definition) is 1. The van der Waals surface area contributed by atoms with Crippen LogP contribution in [-0.2, 0) is 22.6 Å². The summed E-state index contributed by atoms with van der Waals surface area (Å²) in [5.74, 6) is 1.02. The molecular formula is C26H35ClN2O4. The maximum Gasteiger partial charge on any atom is 0.243 e. The summed E-state index contributed by atoms with van der Waals surface area (Å²) in [6, 6.07) is 12.5. The molecule has 7 heteroatoms. The van der Waals surface area contributed by atoms with Crippen molar-refractivity contribution in [3.63, 3.8) is 0 Å². The standard InChI is InChI=1S/C26H35ClN2O4/c1-6-18(3)28-26(31)22(7-2)29(17-20-10-8-9-11-21(20)27)25(30)15-13-19-12-14-23(32-4)24(16-19)33-5/h8-12,14,16,18,22H,6-7,13,15,17H2,1-5H3,(H,28,31)/t18-,22+/m1/s1. The molecule has 0 bridgehead atoms. The van der Waals surface area contributed by atoms with Crippen LogP contribution in [0.5, 0.6) is 11.5 Å². The number of carbonyl (C=O) groups is 2. The van der Waals surface area contributed by atoms with Crippen LogP contribution in [0.15, 0.2) is 42.5 Å². The monoisotopic (exact) mass is 474 g/mol. The highest BCUT2D eigenvalue weighted by Crippen LogP contribution is 2.28. The molecule has 0 aromatic heterocycles. The molecule has 0 saturated heterocycles. The molecule has 0 heterocycles. The predicted octanol–water partition coefficient (Wildman–Crippen LogP) is 5.01. The lowest BCUT2D eigenvalue weighted by atomic mass is 10.1. The molecule has 0 aliphatic heterocycles. The summed E-state index contributed by atoms with van der Waals surface area (Å²) >= 11 is 6.38. The summed E-state index contributed by atoms with van der Waals surface area (Å²) in [6.07, 6.45) is 2.10. The highest BCUT2D eigenvalue weighted by atomic mass is 35.5. The zero-order valence-corrected chi connectivity index (χ0v) is 20.9. The van der Waals surface area contributed by atoms with Crippen molar-refractivity contribution < 1.29 is 19.1 Å². The van der Waals surface area contributed by atoms with Gasteiger partial charge in [0.1, 0.15) is 6.04 Å². The van der Waals surface area contributed by atoms with Crippen molar-refractivity contribution in [2.24, 2.45) is 0 Å². The molecule has 2 rings (SSSR count). The number of aryl methyl sites for hydroxylation is 1. The Kier molecular flexibility index (Phi) is 10.5. The third-order valence-electron chi connectivity index (χ3n) is 5.76. The summed E-state index contributed by atoms with van der Waals surface area (Å²) in [5.41, 5.74) is 1.77. The van der Waals surface area contributed by atoms with Gasteiger partial charge in [0.05, 0.1) is 14.2 Å². The second kappa shape index (κ2) is 13.1. The molecule has 0 aliphatic carbocycles. The number of ether oxygens (including phenoxy) is 2. The first-order chi connectivity index (χ1) is 15.8. The Hall–Kier alpha value is -2.73. The number of methoxy groups -OCH3 is 2. The number of hydrogen-bond acceptors (Lipinski definition) is 4. The van der Waals surface area contributed by atoms with E-state index >= 15 is 0 Å². The van der Waals surface area contributed by atoms with Gasteiger partial charge in [-0.3, -0.25) is 9.59 Å². The van der Waals surface area contributed by atoms with Crippen molar-refractivity contribution in [1.82, 2.24) is 10.2 Å². The van der Waals surface area contributed by atoms with Crippen LogP contribution in [-0.4, -0.2) is 43.0 Å². The molecule has 0 unspecified atom stereocenters. The third-order valence-corrected chi connectivity index (χ3v) is 6.13. The first-order valence-corrected chi connectivity index (χ1v) is 11.8. The first kappa shape index (κ1) is 26.5. The molecule has 0 fully saturated rings. The van der Waals surface area contributed by atoms with E-state index < -0.39 is 6.04 Å². The smallest absolute Gasteiger partial charge is 0.243 e. The number of nitrogens with one attached hydrogen (secondary N) is 1. The van der Waals surface area contributed by atoms with Gasteiger partial charge in [-0.1, -0.05) is 49.7 Å². The van der Waals surface area contributed by atoms with E-state index in [0.717, 1.165) is 17.5 Å². The van der Waals surface area contributed by atoms with Crippen molar-refractivity contribution in [1.29, 1.82) is 0 Å². The van der Waals surface area contributed by atoms with E-state index in [9.17, 15) is 9.59 Å². The Bertz CT molecular complexity index is 934. The van der Waals surface area contributed by atoms with Crippen molar-refractivity contribution in [2.45, 2.75) is 65.1 Å². The Labute approximate surface area is 202 Å². The van der Waals surface area contributed by atoms with Crippen LogP contribution in [0.3, 0.4) is 0 Å². The van der Waals surface area contributed by atoms with Crippen molar-refractivity contribution >= 4 is 23.4 Å². The molecule has 6 nitrogen and oxygen atoms in total. The van der Waals surface area contributed by atoms with Gasteiger partial charge in [0.25, 0.3) is 0 Å². The molecule has 180 valence electrons. The Balaban J connectivity index is 2.25. The highest BCUT2D eigenvalue weighted by molar-refractivity contribution is 6.31. The van der Waals surface area contributed by atoms with Crippen LogP contribution < -0.4 is 14.8 Å². The molecule has 2 aromatic carbocycles. The van der Waals surface area contributed by atoms with Crippen LogP contribution in [0.2, 0.25) is 5.02 Å². The first-order valence-electron chi connectivity index (χ1n) is 11.4. The number of nitrogens with zero attached hydrogens (tertiary/aromatic N) is 1. The van der Waals surface area contributed by atoms with E-state index in [1.807, 2.05) is 57.2 Å². The minimum atomic E-state index is -0.576. The number of amides is 2. The van der Waals surface area contributed by atoms with Crippen molar-refractivity contribution in [2.75, 3.05) is 14.2 Å². The van der Waals surface area contributed by atoms with E-state index in [4.69, 9.17) is 21.1 Å². The minimum Gasteiger partial charge on any atom is -0.493 e. The molecule has 0 radical (unpaired) electrons. The topological polar surface area (TPSA) is 67.9 Å². The van der Waals surface area contributed by atoms with E-state index in [0.29, 0.717) is 29.4 Å².